The molecule has 0 unspecified atom stereocenters. The molecule has 0 saturated heterocycles. The minimum atomic E-state index is -0.210. The Morgan fingerprint density at radius 3 is 2.81 bits per heavy atom. The number of thioether (sulfide) groups is 1. The predicted molar refractivity (Wildman–Crippen MR) is 67.9 cm³/mol. The lowest BCUT2D eigenvalue weighted by molar-refractivity contribution is -0.109. The van der Waals surface area contributed by atoms with Gasteiger partial charge in [-0.05, 0) is 36.6 Å². The van der Waals surface area contributed by atoms with E-state index in [0.29, 0.717) is 0 Å². The normalized spacial score (nSPS) is 10.9. The monoisotopic (exact) mass is 238 g/mol. The summed E-state index contributed by atoms with van der Waals surface area (Å²) in [7, 11) is 0. The molecule has 0 radical (unpaired) electrons. The minimum absolute atomic E-state index is 0.134. The van der Waals surface area contributed by atoms with Gasteiger partial charge in [-0.15, -0.1) is 0 Å². The van der Waals surface area contributed by atoms with E-state index < -0.39 is 0 Å². The third-order valence-electron chi connectivity index (χ3n) is 1.96. The van der Waals surface area contributed by atoms with E-state index in [2.05, 4.69) is 0 Å². The highest BCUT2D eigenvalue weighted by Crippen LogP contribution is 2.11. The molecule has 0 amide bonds. The van der Waals surface area contributed by atoms with Crippen LogP contribution in [-0.2, 0) is 4.79 Å². The van der Waals surface area contributed by atoms with Gasteiger partial charge in [-0.25, -0.2) is 4.39 Å². The number of carbonyl (C=O) groups is 1. The van der Waals surface area contributed by atoms with Crippen LogP contribution in [-0.4, -0.2) is 10.9 Å². The molecule has 0 fully saturated rings. The average molecular weight is 238 g/mol. The fraction of sp³-hybridized carbons (Fsp3) is 0.308. The quantitative estimate of drug-likeness (QED) is 0.742. The summed E-state index contributed by atoms with van der Waals surface area (Å²) in [6, 6.07) is 4.93. The average Bonchev–Trinajstić information content (AvgIpc) is 2.15. The van der Waals surface area contributed by atoms with Crippen molar-refractivity contribution in [1.82, 2.24) is 0 Å². The Hall–Kier alpha value is -1.09. The summed E-state index contributed by atoms with van der Waals surface area (Å²) in [5, 5.41) is 0.134. The first kappa shape index (κ1) is 13.0. The Morgan fingerprint density at radius 2 is 2.19 bits per heavy atom. The molecule has 1 aromatic carbocycles. The van der Waals surface area contributed by atoms with Crippen LogP contribution >= 0.6 is 11.8 Å². The van der Waals surface area contributed by atoms with E-state index in [1.165, 1.54) is 23.9 Å². The van der Waals surface area contributed by atoms with Gasteiger partial charge in [-0.1, -0.05) is 30.0 Å². The van der Waals surface area contributed by atoms with Crippen LogP contribution in [0, 0.1) is 12.7 Å². The van der Waals surface area contributed by atoms with Crippen molar-refractivity contribution in [1.29, 1.82) is 0 Å². The molecule has 1 rings (SSSR count). The summed E-state index contributed by atoms with van der Waals surface area (Å²) in [6.45, 7) is 3.43. The lowest BCUT2D eigenvalue weighted by atomic mass is 10.1. The molecular weight excluding hydrogens is 223 g/mol. The summed E-state index contributed by atoms with van der Waals surface area (Å²) in [6.07, 6.45) is 4.67. The molecule has 0 aromatic heterocycles. The molecular formula is C13H15FOS. The third kappa shape index (κ3) is 5.12. The largest absolute Gasteiger partial charge is 0.288 e. The maximum atomic E-state index is 13.0. The van der Waals surface area contributed by atoms with Crippen LogP contribution in [0.2, 0.25) is 0 Å². The summed E-state index contributed by atoms with van der Waals surface area (Å²) in [5.74, 6) is 0.568. The van der Waals surface area contributed by atoms with Gasteiger partial charge in [-0.2, -0.15) is 0 Å². The zero-order valence-corrected chi connectivity index (χ0v) is 10.3. The lowest BCUT2D eigenvalue weighted by Gasteiger charge is -1.97. The standard InChI is InChI=1S/C13H15FOS/c1-10-7-12(9-13(14)8-10)5-3-4-6-16-11(2)15/h3,5,7-9H,4,6H2,1-2H3. The molecule has 0 bridgehead atoms. The summed E-state index contributed by atoms with van der Waals surface area (Å²) < 4.78 is 13.0. The molecule has 3 heteroatoms. The number of halogens is 1. The third-order valence-corrected chi connectivity index (χ3v) is 2.81. The summed E-state index contributed by atoms with van der Waals surface area (Å²) in [5.41, 5.74) is 1.78. The molecule has 0 heterocycles. The zero-order valence-electron chi connectivity index (χ0n) is 9.50. The Kier molecular flexibility index (Phi) is 5.26. The highest BCUT2D eigenvalue weighted by Gasteiger charge is 1.95. The molecule has 0 spiro atoms. The number of allylic oxidation sites excluding steroid dienone is 1. The van der Waals surface area contributed by atoms with E-state index in [4.69, 9.17) is 0 Å². The van der Waals surface area contributed by atoms with Gasteiger partial charge < -0.3 is 0 Å². The SMILES string of the molecule is CC(=O)SCCC=Cc1cc(C)cc(F)c1. The molecule has 86 valence electrons. The molecule has 0 N–H and O–H groups in total. The van der Waals surface area contributed by atoms with E-state index in [0.717, 1.165) is 23.3 Å². The number of rotatable bonds is 4. The molecule has 16 heavy (non-hydrogen) atoms. The fourth-order valence-electron chi connectivity index (χ4n) is 1.35. The number of hydrogen-bond acceptors (Lipinski definition) is 2. The highest BCUT2D eigenvalue weighted by molar-refractivity contribution is 8.13. The van der Waals surface area contributed by atoms with Gasteiger partial charge >= 0.3 is 0 Å². The second-order valence-corrected chi connectivity index (χ2v) is 4.86. The van der Waals surface area contributed by atoms with Crippen molar-refractivity contribution < 1.29 is 9.18 Å². The van der Waals surface area contributed by atoms with Gasteiger partial charge in [0, 0.05) is 12.7 Å². The second kappa shape index (κ2) is 6.48. The molecule has 1 aromatic rings. The van der Waals surface area contributed by atoms with Crippen molar-refractivity contribution in [3.8, 4) is 0 Å². The number of hydrogen-bond donors (Lipinski definition) is 0. The molecule has 0 aliphatic carbocycles. The van der Waals surface area contributed by atoms with Crippen LogP contribution in [0.25, 0.3) is 6.08 Å². The van der Waals surface area contributed by atoms with Gasteiger partial charge in [0.25, 0.3) is 0 Å². The van der Waals surface area contributed by atoms with E-state index in [1.54, 1.807) is 6.92 Å². The maximum Gasteiger partial charge on any atom is 0.185 e. The van der Waals surface area contributed by atoms with Crippen LogP contribution in [0.1, 0.15) is 24.5 Å². The zero-order chi connectivity index (χ0) is 12.0. The van der Waals surface area contributed by atoms with E-state index in [-0.39, 0.29) is 10.9 Å². The minimum Gasteiger partial charge on any atom is -0.288 e. The van der Waals surface area contributed by atoms with Gasteiger partial charge in [0.1, 0.15) is 5.82 Å². The molecule has 0 aliphatic rings. The topological polar surface area (TPSA) is 17.1 Å². The van der Waals surface area contributed by atoms with Gasteiger partial charge in [0.2, 0.25) is 0 Å². The van der Waals surface area contributed by atoms with Gasteiger partial charge in [-0.3, -0.25) is 4.79 Å². The van der Waals surface area contributed by atoms with E-state index in [9.17, 15) is 9.18 Å². The Balaban J connectivity index is 2.46. The maximum absolute atomic E-state index is 13.0. The first-order valence-corrected chi connectivity index (χ1v) is 6.13. The van der Waals surface area contributed by atoms with Crippen LogP contribution in [0.4, 0.5) is 4.39 Å². The number of carbonyl (C=O) groups excluding carboxylic acids is 1. The molecule has 1 nitrogen and oxygen atoms in total. The first-order valence-electron chi connectivity index (χ1n) is 5.15. The van der Waals surface area contributed by atoms with Crippen LogP contribution in [0.5, 0.6) is 0 Å². The Bertz CT molecular complexity index is 379. The van der Waals surface area contributed by atoms with Crippen molar-refractivity contribution in [2.24, 2.45) is 0 Å². The van der Waals surface area contributed by atoms with Crippen molar-refractivity contribution in [2.45, 2.75) is 20.3 Å². The van der Waals surface area contributed by atoms with Crippen molar-refractivity contribution in [3.63, 3.8) is 0 Å². The van der Waals surface area contributed by atoms with Gasteiger partial charge in [0.15, 0.2) is 5.12 Å². The first-order chi connectivity index (χ1) is 7.58. The van der Waals surface area contributed by atoms with E-state index in [1.807, 2.05) is 25.1 Å². The molecule has 0 atom stereocenters. The lowest BCUT2D eigenvalue weighted by Crippen LogP contribution is -1.84. The number of aryl methyl sites for hydroxylation is 1. The Labute approximate surface area is 99.7 Å². The smallest absolute Gasteiger partial charge is 0.185 e. The van der Waals surface area contributed by atoms with Crippen molar-refractivity contribution in [2.75, 3.05) is 5.75 Å². The van der Waals surface area contributed by atoms with Crippen LogP contribution in [0.15, 0.2) is 24.3 Å². The summed E-state index contributed by atoms with van der Waals surface area (Å²) in [4.78, 5) is 10.7. The predicted octanol–water partition coefficient (Wildman–Crippen LogP) is 3.82. The van der Waals surface area contributed by atoms with Crippen molar-refractivity contribution >= 4 is 23.0 Å². The second-order valence-electron chi connectivity index (χ2n) is 3.59. The number of benzene rings is 1. The molecule has 0 aliphatic heterocycles. The van der Waals surface area contributed by atoms with E-state index >= 15 is 0 Å². The highest BCUT2D eigenvalue weighted by atomic mass is 32.2. The fourth-order valence-corrected chi connectivity index (χ4v) is 1.89. The Morgan fingerprint density at radius 1 is 1.44 bits per heavy atom. The molecule has 0 saturated carbocycles. The summed E-state index contributed by atoms with van der Waals surface area (Å²) >= 11 is 1.31. The van der Waals surface area contributed by atoms with Crippen LogP contribution < -0.4 is 0 Å². The van der Waals surface area contributed by atoms with Crippen LogP contribution in [0.3, 0.4) is 0 Å². The van der Waals surface area contributed by atoms with Crippen molar-refractivity contribution in [3.05, 3.63) is 41.2 Å². The van der Waals surface area contributed by atoms with Gasteiger partial charge in [0.05, 0.1) is 0 Å².